The molecular formula is C16H14ClN2O3-. The van der Waals surface area contributed by atoms with Crippen molar-refractivity contribution in [3.8, 4) is 5.75 Å². The minimum atomic E-state index is -1.21. The zero-order valence-corrected chi connectivity index (χ0v) is 12.8. The van der Waals surface area contributed by atoms with E-state index in [1.807, 2.05) is 6.92 Å². The number of nitrogens with one attached hydrogen (secondary N) is 1. The van der Waals surface area contributed by atoms with E-state index >= 15 is 0 Å². The predicted molar refractivity (Wildman–Crippen MR) is 84.6 cm³/mol. The number of carboxylic acid groups (broad SMARTS) is 1. The topological polar surface area (TPSA) is 73.8 Å². The van der Waals surface area contributed by atoms with Crippen LogP contribution in [0.3, 0.4) is 0 Å². The Bertz CT molecular complexity index is 712. The molecule has 0 heterocycles. The number of nitrogens with zero attached hydrogens (tertiary/aromatic N) is 1. The highest BCUT2D eigenvalue weighted by atomic mass is 35.5. The van der Waals surface area contributed by atoms with E-state index in [-0.39, 0.29) is 5.56 Å². The van der Waals surface area contributed by atoms with E-state index in [4.69, 9.17) is 16.3 Å². The Balaban J connectivity index is 2.19. The fraction of sp³-hybridized carbons (Fsp3) is 0.125. The number of hydrogen-bond acceptors (Lipinski definition) is 5. The third kappa shape index (κ3) is 3.77. The Morgan fingerprint density at radius 3 is 2.50 bits per heavy atom. The van der Waals surface area contributed by atoms with Crippen LogP contribution in [0.15, 0.2) is 47.6 Å². The third-order valence-electron chi connectivity index (χ3n) is 3.02. The van der Waals surface area contributed by atoms with Crippen LogP contribution in [0.4, 0.5) is 5.69 Å². The van der Waals surface area contributed by atoms with Gasteiger partial charge in [-0.05, 0) is 42.8 Å². The number of carbonyl (C=O) groups is 1. The first kappa shape index (κ1) is 15.9. The van der Waals surface area contributed by atoms with Crippen molar-refractivity contribution in [2.75, 3.05) is 12.5 Å². The van der Waals surface area contributed by atoms with Gasteiger partial charge in [-0.2, -0.15) is 5.10 Å². The summed E-state index contributed by atoms with van der Waals surface area (Å²) in [5, 5.41) is 15.5. The zero-order chi connectivity index (χ0) is 16.1. The molecule has 0 saturated carbocycles. The van der Waals surface area contributed by atoms with Crippen LogP contribution in [0, 0.1) is 0 Å². The van der Waals surface area contributed by atoms with Crippen LogP contribution >= 0.6 is 11.6 Å². The first-order valence-corrected chi connectivity index (χ1v) is 6.84. The molecule has 2 aromatic rings. The summed E-state index contributed by atoms with van der Waals surface area (Å²) in [7, 11) is 1.58. The number of hydrogen-bond donors (Lipinski definition) is 1. The van der Waals surface area contributed by atoms with Crippen molar-refractivity contribution in [2.45, 2.75) is 6.92 Å². The summed E-state index contributed by atoms with van der Waals surface area (Å²) in [6.07, 6.45) is 0. The molecule has 0 radical (unpaired) electrons. The number of halogens is 1. The molecule has 5 nitrogen and oxygen atoms in total. The van der Waals surface area contributed by atoms with Crippen LogP contribution in [0.1, 0.15) is 22.8 Å². The molecule has 0 unspecified atom stereocenters. The van der Waals surface area contributed by atoms with Gasteiger partial charge in [0.05, 0.1) is 24.5 Å². The van der Waals surface area contributed by atoms with Crippen LogP contribution in [0.2, 0.25) is 5.02 Å². The summed E-state index contributed by atoms with van der Waals surface area (Å²) in [5.74, 6) is -0.547. The smallest absolute Gasteiger partial charge is 0.128 e. The Kier molecular flexibility index (Phi) is 5.01. The van der Waals surface area contributed by atoms with Crippen molar-refractivity contribution in [3.63, 3.8) is 0 Å². The second kappa shape index (κ2) is 6.95. The molecule has 0 aromatic heterocycles. The van der Waals surface area contributed by atoms with Gasteiger partial charge in [-0.15, -0.1) is 0 Å². The first-order chi connectivity index (χ1) is 10.5. The lowest BCUT2D eigenvalue weighted by Gasteiger charge is -2.09. The minimum absolute atomic E-state index is 0.114. The highest BCUT2D eigenvalue weighted by Gasteiger charge is 2.07. The van der Waals surface area contributed by atoms with E-state index in [9.17, 15) is 9.90 Å². The van der Waals surface area contributed by atoms with E-state index in [0.29, 0.717) is 22.2 Å². The van der Waals surface area contributed by atoms with E-state index in [0.717, 1.165) is 5.56 Å². The Hall–Kier alpha value is -2.53. The predicted octanol–water partition coefficient (Wildman–Crippen LogP) is 2.55. The maximum atomic E-state index is 10.7. The number of ether oxygens (including phenoxy) is 1. The molecule has 0 aliphatic rings. The van der Waals surface area contributed by atoms with Crippen molar-refractivity contribution in [1.29, 1.82) is 0 Å². The molecule has 0 saturated heterocycles. The lowest BCUT2D eigenvalue weighted by atomic mass is 10.1. The molecule has 0 fully saturated rings. The lowest BCUT2D eigenvalue weighted by molar-refractivity contribution is -0.255. The molecule has 22 heavy (non-hydrogen) atoms. The number of aromatic carboxylic acids is 1. The fourth-order valence-electron chi connectivity index (χ4n) is 1.85. The van der Waals surface area contributed by atoms with Crippen LogP contribution < -0.4 is 15.3 Å². The fourth-order valence-corrected chi connectivity index (χ4v) is 2.02. The highest BCUT2D eigenvalue weighted by molar-refractivity contribution is 6.31. The highest BCUT2D eigenvalue weighted by Crippen LogP contribution is 2.23. The standard InChI is InChI=1S/C16H15ClN2O3/c1-10(14-9-12(17)5-8-15(14)22-2)18-19-13-6-3-11(4-7-13)16(20)21/h3-9,19H,1-2H3,(H,20,21)/p-1/b18-10-. The second-order valence-corrected chi connectivity index (χ2v) is 4.95. The number of methoxy groups -OCH3 is 1. The van der Waals surface area contributed by atoms with E-state index in [2.05, 4.69) is 10.5 Å². The Morgan fingerprint density at radius 2 is 1.91 bits per heavy atom. The molecule has 2 aromatic carbocycles. The largest absolute Gasteiger partial charge is 0.545 e. The molecule has 114 valence electrons. The number of benzene rings is 2. The minimum Gasteiger partial charge on any atom is -0.545 e. The number of carbonyl (C=O) groups excluding carboxylic acids is 1. The van der Waals surface area contributed by atoms with E-state index in [1.54, 1.807) is 37.4 Å². The van der Waals surface area contributed by atoms with Gasteiger partial charge in [-0.1, -0.05) is 23.7 Å². The van der Waals surface area contributed by atoms with Gasteiger partial charge in [0.25, 0.3) is 0 Å². The molecule has 6 heteroatoms. The molecule has 0 bridgehead atoms. The van der Waals surface area contributed by atoms with Gasteiger partial charge in [0.15, 0.2) is 0 Å². The average molecular weight is 318 g/mol. The summed E-state index contributed by atoms with van der Waals surface area (Å²) in [4.78, 5) is 10.7. The van der Waals surface area contributed by atoms with Gasteiger partial charge in [-0.3, -0.25) is 5.43 Å². The third-order valence-corrected chi connectivity index (χ3v) is 3.26. The van der Waals surface area contributed by atoms with Crippen molar-refractivity contribution in [3.05, 3.63) is 58.6 Å². The molecule has 0 amide bonds. The van der Waals surface area contributed by atoms with Crippen molar-refractivity contribution in [2.24, 2.45) is 5.10 Å². The maximum absolute atomic E-state index is 10.7. The van der Waals surface area contributed by atoms with Crippen molar-refractivity contribution >= 4 is 29.0 Å². The van der Waals surface area contributed by atoms with Crippen molar-refractivity contribution < 1.29 is 14.6 Å². The number of rotatable bonds is 5. The molecule has 1 N–H and O–H groups in total. The zero-order valence-electron chi connectivity index (χ0n) is 12.1. The van der Waals surface area contributed by atoms with Gasteiger partial charge in [0.2, 0.25) is 0 Å². The molecule has 2 rings (SSSR count). The second-order valence-electron chi connectivity index (χ2n) is 4.52. The summed E-state index contributed by atoms with van der Waals surface area (Å²) in [6.45, 7) is 1.82. The first-order valence-electron chi connectivity index (χ1n) is 6.47. The van der Waals surface area contributed by atoms with Crippen LogP contribution in [0.5, 0.6) is 5.75 Å². The monoisotopic (exact) mass is 317 g/mol. The van der Waals surface area contributed by atoms with Gasteiger partial charge >= 0.3 is 0 Å². The average Bonchev–Trinajstić information content (AvgIpc) is 2.53. The SMILES string of the molecule is COc1ccc(Cl)cc1/C(C)=N\Nc1ccc(C(=O)[O-])cc1. The molecule has 0 spiro atoms. The van der Waals surface area contributed by atoms with Gasteiger partial charge in [0, 0.05) is 10.6 Å². The molecular weight excluding hydrogens is 304 g/mol. The van der Waals surface area contributed by atoms with Gasteiger partial charge in [-0.25, -0.2) is 0 Å². The van der Waals surface area contributed by atoms with Crippen molar-refractivity contribution in [1.82, 2.24) is 0 Å². The lowest BCUT2D eigenvalue weighted by Crippen LogP contribution is -2.21. The Labute approximate surface area is 133 Å². The number of anilines is 1. The number of hydrazone groups is 1. The maximum Gasteiger partial charge on any atom is 0.128 e. The summed E-state index contributed by atoms with van der Waals surface area (Å²) in [5.41, 5.74) is 5.08. The Morgan fingerprint density at radius 1 is 1.23 bits per heavy atom. The van der Waals surface area contributed by atoms with Crippen LogP contribution in [0.25, 0.3) is 0 Å². The summed E-state index contributed by atoms with van der Waals surface area (Å²) in [6, 6.07) is 11.4. The number of carboxylic acids is 1. The molecule has 0 aliphatic heterocycles. The quantitative estimate of drug-likeness (QED) is 0.679. The van der Waals surface area contributed by atoms with E-state index in [1.165, 1.54) is 12.1 Å². The van der Waals surface area contributed by atoms with Crippen LogP contribution in [-0.4, -0.2) is 18.8 Å². The molecule has 0 aliphatic carbocycles. The van der Waals surface area contributed by atoms with E-state index < -0.39 is 5.97 Å². The normalized spacial score (nSPS) is 11.1. The summed E-state index contributed by atoms with van der Waals surface area (Å²) < 4.78 is 5.28. The van der Waals surface area contributed by atoms with Gasteiger partial charge < -0.3 is 14.6 Å². The molecule has 0 atom stereocenters. The van der Waals surface area contributed by atoms with Gasteiger partial charge in [0.1, 0.15) is 5.75 Å². The van der Waals surface area contributed by atoms with Crippen LogP contribution in [-0.2, 0) is 0 Å². The summed E-state index contributed by atoms with van der Waals surface area (Å²) >= 11 is 5.99.